The van der Waals surface area contributed by atoms with Crippen molar-refractivity contribution >= 4 is 46.6 Å². The van der Waals surface area contributed by atoms with Gasteiger partial charge in [-0.1, -0.05) is 30.2 Å². The number of carbonyl (C=O) groups is 3. The Hall–Kier alpha value is -3.30. The molecule has 9 nitrogen and oxygen atoms in total. The lowest BCUT2D eigenvalue weighted by Crippen LogP contribution is -2.42. The lowest BCUT2D eigenvalue weighted by molar-refractivity contribution is -0.146. The standard InChI is InChI=1S/C28H34ClN3O6/c1-16-7-12-21-23(32(16)28(36)38-3)14-13-22(30-20-6-4-5-18(15-20)27(35)37-2)24(21)31-26(34)25(33)17-8-10-19(29)11-9-17/h8-11,13-14,16,18,20,25,30,33H,4-7,12,15H2,1-3H3,(H,31,34)/t16-,18+,20+,25?/m0/s1. The van der Waals surface area contributed by atoms with E-state index in [0.717, 1.165) is 24.8 Å². The highest BCUT2D eigenvalue weighted by Crippen LogP contribution is 2.41. The van der Waals surface area contributed by atoms with Gasteiger partial charge in [0, 0.05) is 22.7 Å². The zero-order chi connectivity index (χ0) is 27.4. The molecule has 3 N–H and O–H groups in total. The van der Waals surface area contributed by atoms with Crippen molar-refractivity contribution in [3.8, 4) is 0 Å². The number of methoxy groups -OCH3 is 2. The second-order valence-corrected chi connectivity index (χ2v) is 10.3. The molecule has 0 radical (unpaired) electrons. The van der Waals surface area contributed by atoms with Crippen molar-refractivity contribution in [3.05, 3.63) is 52.5 Å². The quantitative estimate of drug-likeness (QED) is 0.436. The molecule has 2 aliphatic rings. The van der Waals surface area contributed by atoms with Crippen LogP contribution in [0.1, 0.15) is 56.3 Å². The minimum Gasteiger partial charge on any atom is -0.469 e. The normalized spacial score (nSPS) is 21.6. The van der Waals surface area contributed by atoms with E-state index >= 15 is 0 Å². The number of carbonyl (C=O) groups excluding carboxylic acids is 3. The van der Waals surface area contributed by atoms with E-state index in [-0.39, 0.29) is 24.0 Å². The van der Waals surface area contributed by atoms with Gasteiger partial charge in [0.2, 0.25) is 0 Å². The number of fused-ring (bicyclic) bond motifs is 1. The summed E-state index contributed by atoms with van der Waals surface area (Å²) in [4.78, 5) is 39.6. The van der Waals surface area contributed by atoms with Gasteiger partial charge in [-0.2, -0.15) is 0 Å². The molecule has 0 aromatic heterocycles. The maximum absolute atomic E-state index is 13.3. The maximum Gasteiger partial charge on any atom is 0.414 e. The summed E-state index contributed by atoms with van der Waals surface area (Å²) in [7, 11) is 2.74. The molecular weight excluding hydrogens is 510 g/mol. The van der Waals surface area contributed by atoms with Crippen LogP contribution >= 0.6 is 11.6 Å². The number of esters is 1. The number of benzene rings is 2. The molecule has 2 aromatic rings. The molecule has 2 amide bonds. The van der Waals surface area contributed by atoms with Gasteiger partial charge >= 0.3 is 12.1 Å². The van der Waals surface area contributed by atoms with E-state index in [9.17, 15) is 19.5 Å². The number of aliphatic hydroxyl groups is 1. The van der Waals surface area contributed by atoms with Gasteiger partial charge < -0.3 is 25.2 Å². The summed E-state index contributed by atoms with van der Waals surface area (Å²) in [5, 5.41) is 17.7. The number of ether oxygens (including phenoxy) is 2. The van der Waals surface area contributed by atoms with Gasteiger partial charge in [0.25, 0.3) is 5.91 Å². The highest BCUT2D eigenvalue weighted by Gasteiger charge is 2.34. The van der Waals surface area contributed by atoms with Crippen molar-refractivity contribution in [2.45, 2.75) is 63.6 Å². The molecule has 10 heteroatoms. The third-order valence-electron chi connectivity index (χ3n) is 7.42. The maximum atomic E-state index is 13.3. The topological polar surface area (TPSA) is 117 Å². The third-order valence-corrected chi connectivity index (χ3v) is 7.67. The summed E-state index contributed by atoms with van der Waals surface area (Å²) in [6.07, 6.45) is 2.49. The van der Waals surface area contributed by atoms with Gasteiger partial charge in [0.15, 0.2) is 6.10 Å². The fourth-order valence-electron chi connectivity index (χ4n) is 5.38. The van der Waals surface area contributed by atoms with E-state index in [1.165, 1.54) is 14.2 Å². The third kappa shape index (κ3) is 5.89. The predicted octanol–water partition coefficient (Wildman–Crippen LogP) is 5.06. The minimum atomic E-state index is -1.42. The number of anilines is 3. The molecule has 1 saturated carbocycles. The van der Waals surface area contributed by atoms with Crippen LogP contribution in [0.5, 0.6) is 0 Å². The molecule has 2 aromatic carbocycles. The summed E-state index contributed by atoms with van der Waals surface area (Å²) in [6, 6.07) is 9.99. The van der Waals surface area contributed by atoms with Crippen LogP contribution in [-0.4, -0.2) is 49.4 Å². The number of hydrogen-bond acceptors (Lipinski definition) is 7. The lowest BCUT2D eigenvalue weighted by atomic mass is 9.85. The van der Waals surface area contributed by atoms with Crippen LogP contribution in [-0.2, 0) is 25.5 Å². The van der Waals surface area contributed by atoms with Gasteiger partial charge in [-0.25, -0.2) is 4.79 Å². The monoisotopic (exact) mass is 543 g/mol. The molecule has 0 saturated heterocycles. The lowest BCUT2D eigenvalue weighted by Gasteiger charge is -2.36. The first kappa shape index (κ1) is 27.7. The predicted molar refractivity (Wildman–Crippen MR) is 146 cm³/mol. The zero-order valence-corrected chi connectivity index (χ0v) is 22.6. The summed E-state index contributed by atoms with van der Waals surface area (Å²) in [6.45, 7) is 1.95. The number of hydrogen-bond donors (Lipinski definition) is 3. The first-order valence-corrected chi connectivity index (χ1v) is 13.2. The second kappa shape index (κ2) is 12.0. The average molecular weight is 544 g/mol. The van der Waals surface area contributed by atoms with Crippen LogP contribution in [0.25, 0.3) is 0 Å². The van der Waals surface area contributed by atoms with E-state index in [2.05, 4.69) is 10.6 Å². The van der Waals surface area contributed by atoms with Crippen LogP contribution in [0.3, 0.4) is 0 Å². The molecule has 1 fully saturated rings. The van der Waals surface area contributed by atoms with E-state index < -0.39 is 18.1 Å². The molecule has 0 bridgehead atoms. The van der Waals surface area contributed by atoms with E-state index in [4.69, 9.17) is 21.1 Å². The number of nitrogens with zero attached hydrogens (tertiary/aromatic N) is 1. The van der Waals surface area contributed by atoms with Gasteiger partial charge in [0.1, 0.15) is 0 Å². The molecule has 204 valence electrons. The molecule has 0 spiro atoms. The molecule has 1 aliphatic heterocycles. The molecule has 1 aliphatic carbocycles. The number of halogens is 1. The molecule has 1 unspecified atom stereocenters. The van der Waals surface area contributed by atoms with Crippen LogP contribution in [0.4, 0.5) is 21.9 Å². The Bertz CT molecular complexity index is 1190. The molecule has 1 heterocycles. The Morgan fingerprint density at radius 3 is 2.47 bits per heavy atom. The van der Waals surface area contributed by atoms with Crippen LogP contribution in [0.2, 0.25) is 5.02 Å². The number of nitrogens with one attached hydrogen (secondary N) is 2. The molecular formula is C28H34ClN3O6. The van der Waals surface area contributed by atoms with Gasteiger partial charge in [0.05, 0.1) is 37.2 Å². The smallest absolute Gasteiger partial charge is 0.414 e. The average Bonchev–Trinajstić information content (AvgIpc) is 2.93. The first-order chi connectivity index (χ1) is 18.2. The summed E-state index contributed by atoms with van der Waals surface area (Å²) >= 11 is 5.96. The van der Waals surface area contributed by atoms with E-state index in [0.29, 0.717) is 46.9 Å². The van der Waals surface area contributed by atoms with Crippen molar-refractivity contribution in [2.24, 2.45) is 5.92 Å². The van der Waals surface area contributed by atoms with E-state index in [1.54, 1.807) is 29.2 Å². The zero-order valence-electron chi connectivity index (χ0n) is 21.8. The van der Waals surface area contributed by atoms with Crippen molar-refractivity contribution in [3.63, 3.8) is 0 Å². The van der Waals surface area contributed by atoms with Gasteiger partial charge in [-0.15, -0.1) is 0 Å². The molecule has 4 rings (SSSR count). The Morgan fingerprint density at radius 1 is 1.05 bits per heavy atom. The Morgan fingerprint density at radius 2 is 1.79 bits per heavy atom. The SMILES string of the molecule is COC(=O)[C@@H]1CCC[C@@H](Nc2ccc3c(c2NC(=O)C(O)c2ccc(Cl)cc2)CC[C@H](C)N3C(=O)OC)C1. The fourth-order valence-corrected chi connectivity index (χ4v) is 5.51. The van der Waals surface area contributed by atoms with Crippen molar-refractivity contribution in [1.82, 2.24) is 0 Å². The van der Waals surface area contributed by atoms with Crippen molar-refractivity contribution in [2.75, 3.05) is 29.8 Å². The Labute approximate surface area is 227 Å². The van der Waals surface area contributed by atoms with Gasteiger partial charge in [-0.05, 0) is 68.9 Å². The van der Waals surface area contributed by atoms with Gasteiger partial charge in [-0.3, -0.25) is 14.5 Å². The van der Waals surface area contributed by atoms with Crippen LogP contribution < -0.4 is 15.5 Å². The second-order valence-electron chi connectivity index (χ2n) is 9.88. The summed E-state index contributed by atoms with van der Waals surface area (Å²) in [5.41, 5.74) is 2.99. The fraction of sp³-hybridized carbons (Fsp3) is 0.464. The largest absolute Gasteiger partial charge is 0.469 e. The van der Waals surface area contributed by atoms with Crippen molar-refractivity contribution in [1.29, 1.82) is 0 Å². The summed E-state index contributed by atoms with van der Waals surface area (Å²) in [5.74, 6) is -1.02. The Kier molecular flexibility index (Phi) is 8.79. The highest BCUT2D eigenvalue weighted by molar-refractivity contribution is 6.30. The first-order valence-electron chi connectivity index (χ1n) is 12.8. The summed E-state index contributed by atoms with van der Waals surface area (Å²) < 4.78 is 9.99. The minimum absolute atomic E-state index is 0.0121. The molecule has 38 heavy (non-hydrogen) atoms. The number of aliphatic hydroxyl groups excluding tert-OH is 1. The van der Waals surface area contributed by atoms with Crippen LogP contribution in [0, 0.1) is 5.92 Å². The number of amides is 2. The van der Waals surface area contributed by atoms with Crippen molar-refractivity contribution < 1.29 is 29.0 Å². The van der Waals surface area contributed by atoms with E-state index in [1.807, 2.05) is 19.1 Å². The van der Waals surface area contributed by atoms with Crippen LogP contribution in [0.15, 0.2) is 36.4 Å². The number of rotatable bonds is 6. The Balaban J connectivity index is 1.68. The highest BCUT2D eigenvalue weighted by atomic mass is 35.5. The molecule has 4 atom stereocenters.